The second-order valence-electron chi connectivity index (χ2n) is 5.43. The fraction of sp³-hybridized carbons (Fsp3) is 0.917. The molecule has 0 aromatic heterocycles. The van der Waals surface area contributed by atoms with Crippen LogP contribution in [0, 0.1) is 0 Å². The highest BCUT2D eigenvalue weighted by molar-refractivity contribution is 7.91. The van der Waals surface area contributed by atoms with Gasteiger partial charge >= 0.3 is 0 Å². The molecule has 2 heterocycles. The second kappa shape index (κ2) is 4.81. The number of rotatable bonds is 2. The summed E-state index contributed by atoms with van der Waals surface area (Å²) in [4.78, 5) is 14.4. The van der Waals surface area contributed by atoms with Crippen molar-refractivity contribution in [2.24, 2.45) is 0 Å². The quantitative estimate of drug-likeness (QED) is 0.779. The zero-order valence-electron chi connectivity index (χ0n) is 11.1. The highest BCUT2D eigenvalue weighted by Crippen LogP contribution is 2.27. The van der Waals surface area contributed by atoms with Gasteiger partial charge in [-0.05, 0) is 32.7 Å². The molecule has 104 valence electrons. The van der Waals surface area contributed by atoms with Crippen LogP contribution in [0.3, 0.4) is 0 Å². The fourth-order valence-electron chi connectivity index (χ4n) is 3.02. The molecule has 6 heteroatoms. The molecule has 1 amide bonds. The van der Waals surface area contributed by atoms with Crippen LogP contribution in [0.2, 0.25) is 0 Å². The average Bonchev–Trinajstić information content (AvgIpc) is 2.76. The van der Waals surface area contributed by atoms with Gasteiger partial charge in [-0.25, -0.2) is 8.42 Å². The number of hydrogen-bond donors (Lipinski definition) is 1. The summed E-state index contributed by atoms with van der Waals surface area (Å²) >= 11 is 0. The van der Waals surface area contributed by atoms with E-state index in [2.05, 4.69) is 5.32 Å². The highest BCUT2D eigenvalue weighted by Gasteiger charge is 2.44. The molecular formula is C12H22N2O3S. The summed E-state index contributed by atoms with van der Waals surface area (Å²) in [6, 6.07) is -0.206. The lowest BCUT2D eigenvalue weighted by molar-refractivity contribution is -0.139. The Morgan fingerprint density at radius 2 is 2.22 bits per heavy atom. The molecule has 0 aliphatic carbocycles. The normalized spacial score (nSPS) is 35.7. The molecule has 0 radical (unpaired) electrons. The average molecular weight is 274 g/mol. The Kier molecular flexibility index (Phi) is 3.69. The first kappa shape index (κ1) is 13.8. The van der Waals surface area contributed by atoms with Crippen LogP contribution in [0.5, 0.6) is 0 Å². The van der Waals surface area contributed by atoms with Gasteiger partial charge < -0.3 is 10.2 Å². The second-order valence-corrected chi connectivity index (χ2v) is 7.66. The third-order valence-electron chi connectivity index (χ3n) is 4.19. The van der Waals surface area contributed by atoms with Crippen molar-refractivity contribution >= 4 is 15.7 Å². The van der Waals surface area contributed by atoms with Crippen molar-refractivity contribution in [1.82, 2.24) is 10.2 Å². The molecule has 0 spiro atoms. The van der Waals surface area contributed by atoms with Crippen molar-refractivity contribution in [3.63, 3.8) is 0 Å². The maximum Gasteiger partial charge on any atom is 0.243 e. The predicted octanol–water partition coefficient (Wildman–Crippen LogP) is 0.164. The molecule has 2 atom stereocenters. The van der Waals surface area contributed by atoms with Crippen molar-refractivity contribution in [1.29, 1.82) is 0 Å². The monoisotopic (exact) mass is 274 g/mol. The first-order chi connectivity index (χ1) is 8.40. The van der Waals surface area contributed by atoms with Crippen LogP contribution in [0.4, 0.5) is 0 Å². The van der Waals surface area contributed by atoms with Gasteiger partial charge in [-0.1, -0.05) is 6.92 Å². The van der Waals surface area contributed by atoms with Crippen molar-refractivity contribution in [3.8, 4) is 0 Å². The maximum absolute atomic E-state index is 12.6. The lowest BCUT2D eigenvalue weighted by Gasteiger charge is -2.39. The van der Waals surface area contributed by atoms with Crippen LogP contribution < -0.4 is 5.32 Å². The number of carbonyl (C=O) groups is 1. The first-order valence-electron chi connectivity index (χ1n) is 6.67. The molecule has 0 bridgehead atoms. The number of sulfone groups is 1. The summed E-state index contributed by atoms with van der Waals surface area (Å²) < 4.78 is 23.1. The molecule has 2 aliphatic rings. The molecule has 5 nitrogen and oxygen atoms in total. The van der Waals surface area contributed by atoms with Gasteiger partial charge in [-0.3, -0.25) is 4.79 Å². The Morgan fingerprint density at radius 3 is 2.72 bits per heavy atom. The molecular weight excluding hydrogens is 252 g/mol. The summed E-state index contributed by atoms with van der Waals surface area (Å²) in [6.07, 6.45) is 2.64. The van der Waals surface area contributed by atoms with Gasteiger partial charge in [0.2, 0.25) is 5.91 Å². The van der Waals surface area contributed by atoms with E-state index in [0.717, 1.165) is 25.8 Å². The minimum Gasteiger partial charge on any atom is -0.336 e. The number of nitrogens with one attached hydrogen (secondary N) is 1. The topological polar surface area (TPSA) is 66.5 Å². The van der Waals surface area contributed by atoms with Crippen LogP contribution in [-0.2, 0) is 14.6 Å². The number of amides is 1. The van der Waals surface area contributed by atoms with E-state index in [1.807, 2.05) is 13.8 Å². The Morgan fingerprint density at radius 1 is 1.50 bits per heavy atom. The molecule has 0 aromatic carbocycles. The van der Waals surface area contributed by atoms with E-state index in [1.54, 1.807) is 4.90 Å². The molecule has 2 aliphatic heterocycles. The third kappa shape index (κ3) is 2.40. The Hall–Kier alpha value is -0.620. The molecule has 2 unspecified atom stereocenters. The molecule has 18 heavy (non-hydrogen) atoms. The van der Waals surface area contributed by atoms with Gasteiger partial charge in [0.05, 0.1) is 17.0 Å². The molecule has 2 fully saturated rings. The Labute approximate surface area is 109 Å². The van der Waals surface area contributed by atoms with Crippen molar-refractivity contribution < 1.29 is 13.2 Å². The largest absolute Gasteiger partial charge is 0.336 e. The van der Waals surface area contributed by atoms with E-state index in [-0.39, 0.29) is 23.5 Å². The van der Waals surface area contributed by atoms with Gasteiger partial charge in [-0.15, -0.1) is 0 Å². The van der Waals surface area contributed by atoms with E-state index in [1.165, 1.54) is 0 Å². The van der Waals surface area contributed by atoms with E-state index in [0.29, 0.717) is 6.54 Å². The standard InChI is InChI=1S/C12H22N2O3S/c1-3-12(5-4-6-13-12)11(15)14-7-8-18(16,17)9-10(14)2/h10,13H,3-9H2,1-2H3. The zero-order valence-corrected chi connectivity index (χ0v) is 11.9. The summed E-state index contributed by atoms with van der Waals surface area (Å²) in [5.41, 5.74) is -0.449. The van der Waals surface area contributed by atoms with Gasteiger partial charge in [0.1, 0.15) is 0 Å². The van der Waals surface area contributed by atoms with Crippen LogP contribution >= 0.6 is 0 Å². The van der Waals surface area contributed by atoms with Crippen molar-refractivity contribution in [2.45, 2.75) is 44.7 Å². The number of hydrogen-bond acceptors (Lipinski definition) is 4. The van der Waals surface area contributed by atoms with E-state index in [4.69, 9.17) is 0 Å². The van der Waals surface area contributed by atoms with Crippen molar-refractivity contribution in [3.05, 3.63) is 0 Å². The predicted molar refractivity (Wildman–Crippen MR) is 70.1 cm³/mol. The van der Waals surface area contributed by atoms with Gasteiger partial charge in [-0.2, -0.15) is 0 Å². The lowest BCUT2D eigenvalue weighted by Crippen LogP contribution is -2.60. The van der Waals surface area contributed by atoms with Crippen LogP contribution in [0.1, 0.15) is 33.1 Å². The molecule has 2 saturated heterocycles. The lowest BCUT2D eigenvalue weighted by atomic mass is 9.92. The SMILES string of the molecule is CCC1(C(=O)N2CCS(=O)(=O)CC2C)CCCN1. The smallest absolute Gasteiger partial charge is 0.243 e. The summed E-state index contributed by atoms with van der Waals surface area (Å²) in [6.45, 7) is 5.06. The summed E-state index contributed by atoms with van der Waals surface area (Å²) in [7, 11) is -2.96. The summed E-state index contributed by atoms with van der Waals surface area (Å²) in [5, 5.41) is 3.32. The summed E-state index contributed by atoms with van der Waals surface area (Å²) in [5.74, 6) is 0.284. The first-order valence-corrected chi connectivity index (χ1v) is 8.49. The van der Waals surface area contributed by atoms with Crippen LogP contribution in [0.15, 0.2) is 0 Å². The van der Waals surface area contributed by atoms with Gasteiger partial charge in [0, 0.05) is 12.6 Å². The van der Waals surface area contributed by atoms with E-state index >= 15 is 0 Å². The fourth-order valence-corrected chi connectivity index (χ4v) is 4.57. The van der Waals surface area contributed by atoms with E-state index < -0.39 is 15.4 Å². The number of nitrogens with zero attached hydrogens (tertiary/aromatic N) is 1. The van der Waals surface area contributed by atoms with Crippen LogP contribution in [0.25, 0.3) is 0 Å². The minimum absolute atomic E-state index is 0.0879. The van der Waals surface area contributed by atoms with Gasteiger partial charge in [0.25, 0.3) is 0 Å². The third-order valence-corrected chi connectivity index (χ3v) is 5.98. The molecule has 0 saturated carbocycles. The molecule has 1 N–H and O–H groups in total. The van der Waals surface area contributed by atoms with Crippen LogP contribution in [-0.4, -0.2) is 55.4 Å². The number of carbonyl (C=O) groups excluding carboxylic acids is 1. The highest BCUT2D eigenvalue weighted by atomic mass is 32.2. The van der Waals surface area contributed by atoms with Crippen molar-refractivity contribution in [2.75, 3.05) is 24.6 Å². The van der Waals surface area contributed by atoms with E-state index in [9.17, 15) is 13.2 Å². The zero-order chi connectivity index (χ0) is 13.4. The van der Waals surface area contributed by atoms with Gasteiger partial charge in [0.15, 0.2) is 9.84 Å². The molecule has 0 aromatic rings. The molecule has 2 rings (SSSR count). The maximum atomic E-state index is 12.6. The minimum atomic E-state index is -2.96. The Bertz CT molecular complexity index is 427. The Balaban J connectivity index is 2.14.